The van der Waals surface area contributed by atoms with Gasteiger partial charge in [-0.05, 0) is 50.2 Å². The van der Waals surface area contributed by atoms with Crippen molar-refractivity contribution in [1.82, 2.24) is 4.31 Å². The summed E-state index contributed by atoms with van der Waals surface area (Å²) in [6.07, 6.45) is 0. The van der Waals surface area contributed by atoms with Crippen LogP contribution >= 0.6 is 34.8 Å². The quantitative estimate of drug-likeness (QED) is 0.724. The van der Waals surface area contributed by atoms with Crippen molar-refractivity contribution < 1.29 is 13.2 Å². The van der Waals surface area contributed by atoms with Crippen molar-refractivity contribution in [2.24, 2.45) is 0 Å². The monoisotopic (exact) mass is 434 g/mol. The molecule has 0 heterocycles. The number of amides is 1. The number of carbonyl (C=O) groups excluding carboxylic acids is 1. The molecule has 140 valence electrons. The molecular weight excluding hydrogens is 419 g/mol. The third-order valence-electron chi connectivity index (χ3n) is 3.77. The van der Waals surface area contributed by atoms with Crippen LogP contribution in [0.3, 0.4) is 0 Å². The molecule has 1 amide bonds. The Balaban J connectivity index is 2.39. The molecule has 2 aromatic rings. The Morgan fingerprint density at radius 3 is 2.27 bits per heavy atom. The maximum absolute atomic E-state index is 12.6. The number of nitrogens with zero attached hydrogens (tertiary/aromatic N) is 1. The van der Waals surface area contributed by atoms with E-state index in [-0.39, 0.29) is 26.5 Å². The summed E-state index contributed by atoms with van der Waals surface area (Å²) in [5, 5.41) is 3.41. The van der Waals surface area contributed by atoms with Crippen LogP contribution < -0.4 is 5.32 Å². The first-order valence-corrected chi connectivity index (χ1v) is 10.2. The predicted octanol–water partition coefficient (Wildman–Crippen LogP) is 4.93. The molecule has 0 aliphatic heterocycles. The number of benzene rings is 2. The number of sulfonamides is 1. The van der Waals surface area contributed by atoms with Gasteiger partial charge < -0.3 is 5.32 Å². The van der Waals surface area contributed by atoms with Crippen LogP contribution in [-0.4, -0.2) is 31.7 Å². The molecule has 26 heavy (non-hydrogen) atoms. The molecule has 1 N–H and O–H groups in total. The van der Waals surface area contributed by atoms with Crippen molar-refractivity contribution in [2.45, 2.75) is 24.8 Å². The summed E-state index contributed by atoms with van der Waals surface area (Å²) in [6.45, 7) is 3.51. The van der Waals surface area contributed by atoms with Crippen molar-refractivity contribution in [2.75, 3.05) is 12.4 Å². The van der Waals surface area contributed by atoms with E-state index in [2.05, 4.69) is 5.32 Å². The zero-order valence-electron chi connectivity index (χ0n) is 14.3. The Morgan fingerprint density at radius 2 is 1.69 bits per heavy atom. The molecule has 5 nitrogen and oxygen atoms in total. The molecule has 0 fully saturated rings. The van der Waals surface area contributed by atoms with Crippen molar-refractivity contribution >= 4 is 56.4 Å². The fraction of sp³-hybridized carbons (Fsp3) is 0.235. The van der Waals surface area contributed by atoms with Crippen LogP contribution in [-0.2, 0) is 10.0 Å². The normalized spacial score (nSPS) is 11.8. The average Bonchev–Trinajstić information content (AvgIpc) is 2.56. The highest BCUT2D eigenvalue weighted by molar-refractivity contribution is 7.89. The van der Waals surface area contributed by atoms with Gasteiger partial charge >= 0.3 is 0 Å². The molecule has 0 radical (unpaired) electrons. The Morgan fingerprint density at radius 1 is 1.04 bits per heavy atom. The lowest BCUT2D eigenvalue weighted by Crippen LogP contribution is -2.33. The van der Waals surface area contributed by atoms with Crippen LogP contribution in [0.15, 0.2) is 41.3 Å². The van der Waals surface area contributed by atoms with Gasteiger partial charge in [-0.15, -0.1) is 0 Å². The number of anilines is 1. The Hall–Kier alpha value is -1.31. The van der Waals surface area contributed by atoms with E-state index in [0.717, 1.165) is 0 Å². The van der Waals surface area contributed by atoms with Crippen LogP contribution in [0.5, 0.6) is 0 Å². The van der Waals surface area contributed by atoms with Gasteiger partial charge in [-0.3, -0.25) is 4.79 Å². The summed E-state index contributed by atoms with van der Waals surface area (Å²) in [7, 11) is -2.27. The molecule has 0 bridgehead atoms. The van der Waals surface area contributed by atoms with Gasteiger partial charge in [-0.2, -0.15) is 4.31 Å². The molecule has 0 saturated carbocycles. The van der Waals surface area contributed by atoms with E-state index in [4.69, 9.17) is 34.8 Å². The molecule has 2 rings (SSSR count). The van der Waals surface area contributed by atoms with Gasteiger partial charge in [0.2, 0.25) is 10.0 Å². The molecule has 9 heteroatoms. The van der Waals surface area contributed by atoms with E-state index in [1.165, 1.54) is 35.6 Å². The largest absolute Gasteiger partial charge is 0.321 e. The minimum atomic E-state index is -3.75. The SMILES string of the molecule is CC(C)N(C)S(=O)(=O)c1ccc(Cl)c(C(=O)Nc2ccc(Cl)cc2Cl)c1. The molecular formula is C17H17Cl3N2O3S. The maximum Gasteiger partial charge on any atom is 0.257 e. The van der Waals surface area contributed by atoms with Gasteiger partial charge in [0.15, 0.2) is 0 Å². The average molecular weight is 436 g/mol. The van der Waals surface area contributed by atoms with Crippen molar-refractivity contribution in [3.05, 3.63) is 57.0 Å². The minimum absolute atomic E-state index is 0.0227. The first kappa shape index (κ1) is 21.0. The van der Waals surface area contributed by atoms with E-state index in [1.54, 1.807) is 26.0 Å². The van der Waals surface area contributed by atoms with Gasteiger partial charge in [0, 0.05) is 18.1 Å². The lowest BCUT2D eigenvalue weighted by atomic mass is 10.2. The van der Waals surface area contributed by atoms with Crippen LogP contribution in [0.2, 0.25) is 15.1 Å². The second kappa shape index (κ2) is 8.15. The zero-order chi connectivity index (χ0) is 19.6. The number of nitrogens with one attached hydrogen (secondary N) is 1. The highest BCUT2D eigenvalue weighted by atomic mass is 35.5. The predicted molar refractivity (Wildman–Crippen MR) is 106 cm³/mol. The molecule has 0 atom stereocenters. The standard InChI is InChI=1S/C17H17Cl3N2O3S/c1-10(2)22(3)26(24,25)12-5-6-14(19)13(9-12)17(23)21-16-7-4-11(18)8-15(16)20/h4-10H,1-3H3,(H,21,23). The fourth-order valence-electron chi connectivity index (χ4n) is 2.06. The van der Waals surface area contributed by atoms with Crippen LogP contribution in [0, 0.1) is 0 Å². The maximum atomic E-state index is 12.6. The zero-order valence-corrected chi connectivity index (χ0v) is 17.3. The van der Waals surface area contributed by atoms with Gasteiger partial charge in [-0.1, -0.05) is 34.8 Å². The van der Waals surface area contributed by atoms with Gasteiger partial charge in [0.25, 0.3) is 5.91 Å². The Labute approximate surface area is 167 Å². The number of carbonyl (C=O) groups is 1. The summed E-state index contributed by atoms with van der Waals surface area (Å²) in [4.78, 5) is 12.5. The van der Waals surface area contributed by atoms with Gasteiger partial charge in [-0.25, -0.2) is 8.42 Å². The van der Waals surface area contributed by atoms with Crippen LogP contribution in [0.1, 0.15) is 24.2 Å². The van der Waals surface area contributed by atoms with E-state index >= 15 is 0 Å². The number of hydrogen-bond donors (Lipinski definition) is 1. The highest BCUT2D eigenvalue weighted by Crippen LogP contribution is 2.28. The smallest absolute Gasteiger partial charge is 0.257 e. The van der Waals surface area contributed by atoms with Gasteiger partial charge in [0.05, 0.1) is 26.2 Å². The van der Waals surface area contributed by atoms with E-state index in [1.807, 2.05) is 0 Å². The lowest BCUT2D eigenvalue weighted by Gasteiger charge is -2.21. The molecule has 0 unspecified atom stereocenters. The van der Waals surface area contributed by atoms with Crippen LogP contribution in [0.25, 0.3) is 0 Å². The van der Waals surface area contributed by atoms with E-state index < -0.39 is 15.9 Å². The second-order valence-electron chi connectivity index (χ2n) is 5.83. The Bertz CT molecular complexity index is 946. The summed E-state index contributed by atoms with van der Waals surface area (Å²) in [6, 6.07) is 8.35. The Kier molecular flexibility index (Phi) is 6.58. The summed E-state index contributed by atoms with van der Waals surface area (Å²) < 4.78 is 26.5. The fourth-order valence-corrected chi connectivity index (χ4v) is 4.12. The van der Waals surface area contributed by atoms with Crippen LogP contribution in [0.4, 0.5) is 5.69 Å². The third-order valence-corrected chi connectivity index (χ3v) is 6.67. The minimum Gasteiger partial charge on any atom is -0.321 e. The molecule has 0 aliphatic carbocycles. The topological polar surface area (TPSA) is 66.5 Å². The molecule has 2 aromatic carbocycles. The molecule has 0 aliphatic rings. The molecule has 0 spiro atoms. The summed E-state index contributed by atoms with van der Waals surface area (Å²) in [5.41, 5.74) is 0.362. The van der Waals surface area contributed by atoms with Gasteiger partial charge in [0.1, 0.15) is 0 Å². The van der Waals surface area contributed by atoms with Crippen molar-refractivity contribution in [1.29, 1.82) is 0 Å². The number of halogens is 3. The summed E-state index contributed by atoms with van der Waals surface area (Å²) in [5.74, 6) is -0.580. The van der Waals surface area contributed by atoms with E-state index in [9.17, 15) is 13.2 Å². The summed E-state index contributed by atoms with van der Waals surface area (Å²) >= 11 is 18.0. The number of rotatable bonds is 5. The lowest BCUT2D eigenvalue weighted by molar-refractivity contribution is 0.102. The van der Waals surface area contributed by atoms with E-state index in [0.29, 0.717) is 10.7 Å². The van der Waals surface area contributed by atoms with Crippen molar-refractivity contribution in [3.8, 4) is 0 Å². The first-order chi connectivity index (χ1) is 12.0. The second-order valence-corrected chi connectivity index (χ2v) is 9.08. The first-order valence-electron chi connectivity index (χ1n) is 7.58. The molecule has 0 saturated heterocycles. The van der Waals surface area contributed by atoms with Crippen molar-refractivity contribution in [3.63, 3.8) is 0 Å². The highest BCUT2D eigenvalue weighted by Gasteiger charge is 2.25. The molecule has 0 aromatic heterocycles. The number of hydrogen-bond acceptors (Lipinski definition) is 3. The third kappa shape index (κ3) is 4.50.